The van der Waals surface area contributed by atoms with Crippen LogP contribution in [0.2, 0.25) is 0 Å². The van der Waals surface area contributed by atoms with E-state index in [0.717, 1.165) is 22.2 Å². The number of nitrogens with zero attached hydrogens (tertiary/aromatic N) is 2. The summed E-state index contributed by atoms with van der Waals surface area (Å²) in [6.07, 6.45) is 0.563. The Kier molecular flexibility index (Phi) is 2.62. The zero-order valence-electron chi connectivity index (χ0n) is 12.9. The van der Waals surface area contributed by atoms with Crippen LogP contribution in [0.3, 0.4) is 0 Å². The number of imide groups is 1. The standard InChI is InChI=1S/C19H15N3O2/c23-18-17-10-14-13-8-4-5-9-15(13)20-16(14)11-21(17)19(24)22(18)12-6-2-1-3-7-12/h1-9,17,20H,10-11H2/t17-/m0/s1. The number of H-pyrrole nitrogens is 1. The Labute approximate surface area is 138 Å². The van der Waals surface area contributed by atoms with E-state index in [-0.39, 0.29) is 11.9 Å². The molecule has 2 aromatic carbocycles. The number of hydrogen-bond acceptors (Lipinski definition) is 2. The molecule has 2 aliphatic rings. The average molecular weight is 317 g/mol. The highest BCUT2D eigenvalue weighted by atomic mass is 16.2. The lowest BCUT2D eigenvalue weighted by molar-refractivity contribution is -0.119. The second-order valence-corrected chi connectivity index (χ2v) is 6.27. The Morgan fingerprint density at radius 3 is 2.54 bits per heavy atom. The Morgan fingerprint density at radius 2 is 1.71 bits per heavy atom. The van der Waals surface area contributed by atoms with E-state index in [0.29, 0.717) is 18.7 Å². The van der Waals surface area contributed by atoms with E-state index in [9.17, 15) is 9.59 Å². The monoisotopic (exact) mass is 317 g/mol. The average Bonchev–Trinajstić information content (AvgIpc) is 3.10. The molecule has 24 heavy (non-hydrogen) atoms. The van der Waals surface area contributed by atoms with E-state index in [1.807, 2.05) is 36.4 Å². The molecule has 1 saturated heterocycles. The van der Waals surface area contributed by atoms with Crippen LogP contribution in [0.25, 0.3) is 10.9 Å². The summed E-state index contributed by atoms with van der Waals surface area (Å²) >= 11 is 0. The largest absolute Gasteiger partial charge is 0.357 e. The lowest BCUT2D eigenvalue weighted by Crippen LogP contribution is -2.39. The predicted octanol–water partition coefficient (Wildman–Crippen LogP) is 3.06. The van der Waals surface area contributed by atoms with Crippen molar-refractivity contribution in [3.05, 3.63) is 65.9 Å². The second kappa shape index (κ2) is 4.71. The van der Waals surface area contributed by atoms with Gasteiger partial charge in [0.2, 0.25) is 0 Å². The number of aromatic nitrogens is 1. The molecule has 0 saturated carbocycles. The summed E-state index contributed by atoms with van der Waals surface area (Å²) in [7, 11) is 0. The third kappa shape index (κ3) is 1.69. The molecule has 3 amide bonds. The Morgan fingerprint density at radius 1 is 0.958 bits per heavy atom. The van der Waals surface area contributed by atoms with Crippen molar-refractivity contribution in [2.75, 3.05) is 4.90 Å². The molecular weight excluding hydrogens is 302 g/mol. The van der Waals surface area contributed by atoms with Crippen LogP contribution >= 0.6 is 0 Å². The Hall–Kier alpha value is -3.08. The Balaban J connectivity index is 1.58. The molecule has 2 aliphatic heterocycles. The summed E-state index contributed by atoms with van der Waals surface area (Å²) < 4.78 is 0. The molecule has 1 aromatic heterocycles. The van der Waals surface area contributed by atoms with Gasteiger partial charge in [-0.15, -0.1) is 0 Å². The van der Waals surface area contributed by atoms with Crippen molar-refractivity contribution < 1.29 is 9.59 Å². The first-order valence-corrected chi connectivity index (χ1v) is 8.02. The fraction of sp³-hybridized carbons (Fsp3) is 0.158. The molecule has 5 rings (SSSR count). The summed E-state index contributed by atoms with van der Waals surface area (Å²) in [5, 5.41) is 1.14. The number of fused-ring (bicyclic) bond motifs is 4. The van der Waals surface area contributed by atoms with Gasteiger partial charge in [0.05, 0.1) is 12.2 Å². The van der Waals surface area contributed by atoms with Gasteiger partial charge < -0.3 is 9.88 Å². The van der Waals surface area contributed by atoms with Crippen molar-refractivity contribution in [3.8, 4) is 0 Å². The minimum atomic E-state index is -0.413. The maximum absolute atomic E-state index is 12.9. The third-order valence-corrected chi connectivity index (χ3v) is 4.96. The van der Waals surface area contributed by atoms with Gasteiger partial charge in [0, 0.05) is 23.0 Å². The number of anilines is 1. The lowest BCUT2D eigenvalue weighted by atomic mass is 9.97. The highest BCUT2D eigenvalue weighted by Crippen LogP contribution is 2.35. The Bertz CT molecular complexity index is 977. The summed E-state index contributed by atoms with van der Waals surface area (Å²) in [5.41, 5.74) is 3.88. The van der Waals surface area contributed by atoms with E-state index < -0.39 is 6.04 Å². The molecule has 118 valence electrons. The summed E-state index contributed by atoms with van der Waals surface area (Å²) in [5.74, 6) is -0.137. The quantitative estimate of drug-likeness (QED) is 0.701. The highest BCUT2D eigenvalue weighted by molar-refractivity contribution is 6.21. The number of urea groups is 1. The minimum absolute atomic E-state index is 0.137. The highest BCUT2D eigenvalue weighted by Gasteiger charge is 2.48. The molecule has 3 aromatic rings. The number of nitrogens with one attached hydrogen (secondary N) is 1. The van der Waals surface area contributed by atoms with Crippen molar-refractivity contribution in [1.29, 1.82) is 0 Å². The smallest absolute Gasteiger partial charge is 0.332 e. The maximum Gasteiger partial charge on any atom is 0.332 e. The van der Waals surface area contributed by atoms with E-state index in [4.69, 9.17) is 0 Å². The fourth-order valence-electron chi connectivity index (χ4n) is 3.82. The molecule has 1 fully saturated rings. The minimum Gasteiger partial charge on any atom is -0.357 e. The molecule has 0 spiro atoms. The van der Waals surface area contributed by atoms with Crippen LogP contribution in [0.5, 0.6) is 0 Å². The maximum atomic E-state index is 12.9. The number of hydrogen-bond donors (Lipinski definition) is 1. The van der Waals surface area contributed by atoms with Gasteiger partial charge in [0.1, 0.15) is 6.04 Å². The second-order valence-electron chi connectivity index (χ2n) is 6.27. The SMILES string of the molecule is O=C1[C@@H]2Cc3c([nH]c4ccccc34)CN2C(=O)N1c1ccccc1. The molecule has 1 atom stereocenters. The lowest BCUT2D eigenvalue weighted by Gasteiger charge is -2.26. The van der Waals surface area contributed by atoms with E-state index in [1.54, 1.807) is 17.0 Å². The van der Waals surface area contributed by atoms with E-state index >= 15 is 0 Å². The molecule has 3 heterocycles. The van der Waals surface area contributed by atoms with Crippen LogP contribution in [0, 0.1) is 0 Å². The summed E-state index contributed by atoms with van der Waals surface area (Å²) in [6.45, 7) is 0.447. The van der Waals surface area contributed by atoms with Crippen LogP contribution in [-0.2, 0) is 17.8 Å². The van der Waals surface area contributed by atoms with Gasteiger partial charge in [-0.3, -0.25) is 4.79 Å². The molecule has 0 aliphatic carbocycles. The van der Waals surface area contributed by atoms with Crippen LogP contribution in [0.1, 0.15) is 11.3 Å². The van der Waals surface area contributed by atoms with Crippen molar-refractivity contribution in [2.45, 2.75) is 19.0 Å². The van der Waals surface area contributed by atoms with E-state index in [2.05, 4.69) is 11.1 Å². The number of aromatic amines is 1. The molecule has 1 N–H and O–H groups in total. The molecule has 0 bridgehead atoms. The number of carbonyl (C=O) groups is 2. The molecule has 5 heteroatoms. The first-order chi connectivity index (χ1) is 11.7. The van der Waals surface area contributed by atoms with Gasteiger partial charge in [0.15, 0.2) is 0 Å². The normalized spacial score (nSPS) is 19.8. The topological polar surface area (TPSA) is 56.4 Å². The van der Waals surface area contributed by atoms with Gasteiger partial charge in [-0.1, -0.05) is 36.4 Å². The summed E-state index contributed by atoms with van der Waals surface area (Å²) in [6, 6.07) is 16.6. The van der Waals surface area contributed by atoms with E-state index in [1.165, 1.54) is 4.90 Å². The van der Waals surface area contributed by atoms with Crippen molar-refractivity contribution >= 4 is 28.5 Å². The van der Waals surface area contributed by atoms with Gasteiger partial charge in [-0.2, -0.15) is 0 Å². The van der Waals surface area contributed by atoms with Crippen molar-refractivity contribution in [3.63, 3.8) is 0 Å². The van der Waals surface area contributed by atoms with Gasteiger partial charge in [0.25, 0.3) is 5.91 Å². The van der Waals surface area contributed by atoms with Crippen LogP contribution < -0.4 is 4.90 Å². The van der Waals surface area contributed by atoms with Crippen molar-refractivity contribution in [1.82, 2.24) is 9.88 Å². The first kappa shape index (κ1) is 13.4. The molecule has 0 unspecified atom stereocenters. The van der Waals surface area contributed by atoms with Crippen LogP contribution in [0.15, 0.2) is 54.6 Å². The molecular formula is C19H15N3O2. The van der Waals surface area contributed by atoms with Gasteiger partial charge >= 0.3 is 6.03 Å². The van der Waals surface area contributed by atoms with Gasteiger partial charge in [-0.25, -0.2) is 9.69 Å². The molecule has 0 radical (unpaired) electrons. The van der Waals surface area contributed by atoms with Crippen LogP contribution in [-0.4, -0.2) is 27.9 Å². The number of amides is 3. The van der Waals surface area contributed by atoms with Gasteiger partial charge in [-0.05, 0) is 23.8 Å². The zero-order chi connectivity index (χ0) is 16.3. The fourth-order valence-corrected chi connectivity index (χ4v) is 3.82. The zero-order valence-corrected chi connectivity index (χ0v) is 12.9. The van der Waals surface area contributed by atoms with Crippen LogP contribution in [0.4, 0.5) is 10.5 Å². The number of carbonyl (C=O) groups excluding carboxylic acids is 2. The number of benzene rings is 2. The predicted molar refractivity (Wildman–Crippen MR) is 90.7 cm³/mol. The third-order valence-electron chi connectivity index (χ3n) is 4.96. The van der Waals surface area contributed by atoms with Crippen molar-refractivity contribution in [2.24, 2.45) is 0 Å². The first-order valence-electron chi connectivity index (χ1n) is 8.02. The number of rotatable bonds is 1. The molecule has 5 nitrogen and oxygen atoms in total. The summed E-state index contributed by atoms with van der Waals surface area (Å²) in [4.78, 5) is 32.0. The number of para-hydroxylation sites is 2.